The van der Waals surface area contributed by atoms with Crippen molar-refractivity contribution in [3.8, 4) is 5.75 Å². The van der Waals surface area contributed by atoms with Gasteiger partial charge < -0.3 is 9.84 Å². The minimum Gasteiger partial charge on any atom is -0.497 e. The van der Waals surface area contributed by atoms with E-state index in [4.69, 9.17) is 4.74 Å². The van der Waals surface area contributed by atoms with Crippen molar-refractivity contribution in [1.29, 1.82) is 0 Å². The summed E-state index contributed by atoms with van der Waals surface area (Å²) in [5.74, 6) is -1.17. The number of anilines is 1. The van der Waals surface area contributed by atoms with E-state index in [-0.39, 0.29) is 24.3 Å². The van der Waals surface area contributed by atoms with Crippen LogP contribution in [0.25, 0.3) is 0 Å². The molecule has 3 aromatic rings. The fourth-order valence-electron chi connectivity index (χ4n) is 6.18. The Hall–Kier alpha value is -3.44. The van der Waals surface area contributed by atoms with Crippen LogP contribution in [0.4, 0.5) is 5.69 Å². The third-order valence-corrected chi connectivity index (χ3v) is 7.37. The van der Waals surface area contributed by atoms with E-state index in [1.54, 1.807) is 31.4 Å². The molecular formula is C26H21NO4. The number of hydrogen-bond donors (Lipinski definition) is 1. The fraction of sp³-hybridized carbons (Fsp3) is 0.231. The lowest BCUT2D eigenvalue weighted by molar-refractivity contribution is -0.124. The molecule has 5 nitrogen and oxygen atoms in total. The number of methoxy groups -OCH3 is 1. The Morgan fingerprint density at radius 2 is 1.45 bits per heavy atom. The molecule has 2 atom stereocenters. The second-order valence-electron chi connectivity index (χ2n) is 8.50. The maximum atomic E-state index is 13.8. The van der Waals surface area contributed by atoms with Crippen molar-refractivity contribution in [3.05, 3.63) is 95.1 Å². The number of hydrogen-bond acceptors (Lipinski definition) is 4. The first-order valence-electron chi connectivity index (χ1n) is 10.4. The standard InChI is InChI=1S/C26H21NO4/c1-31-16-12-10-15(11-13-16)27-24(29)22-21-17-6-2-4-8-19(17)26(14-28,23(22)25(27)30)20-9-5-3-7-18(20)21/h2-13,21-23,28H,14H2,1H3/t21?,22-,23-,26?/m1/s1. The van der Waals surface area contributed by atoms with Crippen LogP contribution < -0.4 is 9.64 Å². The Balaban J connectivity index is 1.60. The molecule has 3 aromatic carbocycles. The highest BCUT2D eigenvalue weighted by Crippen LogP contribution is 2.64. The molecule has 2 amide bonds. The number of aliphatic hydroxyl groups excluding tert-OH is 1. The SMILES string of the molecule is COc1ccc(N2C(=O)[C@@H]3C4c5ccccc5C(CO)(c5ccccc54)[C@H]3C2=O)cc1. The summed E-state index contributed by atoms with van der Waals surface area (Å²) in [6, 6.07) is 22.8. The summed E-state index contributed by atoms with van der Waals surface area (Å²) in [6.07, 6.45) is 0. The molecule has 1 heterocycles. The van der Waals surface area contributed by atoms with Gasteiger partial charge in [-0.2, -0.15) is 0 Å². The molecular weight excluding hydrogens is 390 g/mol. The minimum absolute atomic E-state index is 0.202. The minimum atomic E-state index is -0.930. The molecule has 1 saturated heterocycles. The van der Waals surface area contributed by atoms with Crippen molar-refractivity contribution in [3.63, 3.8) is 0 Å². The molecule has 0 aromatic heterocycles. The van der Waals surface area contributed by atoms with Crippen molar-refractivity contribution in [2.24, 2.45) is 11.8 Å². The van der Waals surface area contributed by atoms with Crippen LogP contribution in [0.1, 0.15) is 28.2 Å². The van der Waals surface area contributed by atoms with Crippen LogP contribution in [-0.2, 0) is 15.0 Å². The van der Waals surface area contributed by atoms with Gasteiger partial charge in [-0.05, 0) is 46.5 Å². The first-order valence-corrected chi connectivity index (χ1v) is 10.4. The number of aliphatic hydroxyl groups is 1. The number of imide groups is 1. The number of carbonyl (C=O) groups is 2. The Bertz CT molecular complexity index is 1180. The van der Waals surface area contributed by atoms with Gasteiger partial charge in [-0.25, -0.2) is 4.90 Å². The summed E-state index contributed by atoms with van der Waals surface area (Å²) in [6.45, 7) is -0.232. The van der Waals surface area contributed by atoms with E-state index < -0.39 is 17.3 Å². The average Bonchev–Trinajstić information content (AvgIpc) is 3.10. The average molecular weight is 411 g/mol. The van der Waals surface area contributed by atoms with E-state index >= 15 is 0 Å². The van der Waals surface area contributed by atoms with Crippen LogP contribution in [0.3, 0.4) is 0 Å². The van der Waals surface area contributed by atoms with E-state index in [1.165, 1.54) is 4.90 Å². The number of nitrogens with zero attached hydrogens (tertiary/aromatic N) is 1. The monoisotopic (exact) mass is 411 g/mol. The summed E-state index contributed by atoms with van der Waals surface area (Å²) in [4.78, 5) is 28.9. The van der Waals surface area contributed by atoms with Crippen LogP contribution in [0.2, 0.25) is 0 Å². The van der Waals surface area contributed by atoms with E-state index in [1.807, 2.05) is 48.5 Å². The van der Waals surface area contributed by atoms with Crippen LogP contribution in [0, 0.1) is 11.8 Å². The Kier molecular flexibility index (Phi) is 3.72. The van der Waals surface area contributed by atoms with Gasteiger partial charge in [0.1, 0.15) is 5.75 Å². The van der Waals surface area contributed by atoms with Gasteiger partial charge in [-0.15, -0.1) is 0 Å². The van der Waals surface area contributed by atoms with Crippen molar-refractivity contribution in [2.45, 2.75) is 11.3 Å². The van der Waals surface area contributed by atoms with Gasteiger partial charge in [0, 0.05) is 5.92 Å². The number of amides is 2. The first-order chi connectivity index (χ1) is 15.1. The van der Waals surface area contributed by atoms with Gasteiger partial charge in [0.15, 0.2) is 0 Å². The van der Waals surface area contributed by atoms with E-state index in [0.29, 0.717) is 11.4 Å². The van der Waals surface area contributed by atoms with E-state index in [0.717, 1.165) is 22.3 Å². The zero-order chi connectivity index (χ0) is 21.3. The maximum Gasteiger partial charge on any atom is 0.239 e. The highest BCUT2D eigenvalue weighted by Gasteiger charge is 2.68. The molecule has 7 rings (SSSR count). The molecule has 154 valence electrons. The summed E-state index contributed by atoms with van der Waals surface area (Å²) in [5, 5.41) is 10.8. The van der Waals surface area contributed by atoms with Crippen molar-refractivity contribution < 1.29 is 19.4 Å². The largest absolute Gasteiger partial charge is 0.497 e. The zero-order valence-electron chi connectivity index (χ0n) is 17.0. The van der Waals surface area contributed by atoms with Crippen LogP contribution in [-0.4, -0.2) is 30.6 Å². The zero-order valence-corrected chi connectivity index (χ0v) is 17.0. The summed E-state index contributed by atoms with van der Waals surface area (Å²) in [5.41, 5.74) is 3.59. The molecule has 0 unspecified atom stereocenters. The second-order valence-corrected chi connectivity index (χ2v) is 8.50. The van der Waals surface area contributed by atoms with Crippen LogP contribution >= 0.6 is 0 Å². The number of carbonyl (C=O) groups excluding carboxylic acids is 2. The third-order valence-electron chi connectivity index (χ3n) is 7.37. The van der Waals surface area contributed by atoms with Gasteiger partial charge in [-0.1, -0.05) is 48.5 Å². The van der Waals surface area contributed by atoms with Gasteiger partial charge in [0.2, 0.25) is 11.8 Å². The highest BCUT2D eigenvalue weighted by molar-refractivity contribution is 6.23. The van der Waals surface area contributed by atoms with Crippen molar-refractivity contribution >= 4 is 17.5 Å². The highest BCUT2D eigenvalue weighted by atomic mass is 16.5. The van der Waals surface area contributed by atoms with Gasteiger partial charge >= 0.3 is 0 Å². The Morgan fingerprint density at radius 3 is 2.00 bits per heavy atom. The lowest BCUT2D eigenvalue weighted by Crippen LogP contribution is -2.55. The molecule has 0 radical (unpaired) electrons. The molecule has 4 aliphatic rings. The lowest BCUT2D eigenvalue weighted by Gasteiger charge is -2.53. The van der Waals surface area contributed by atoms with Gasteiger partial charge in [0.25, 0.3) is 0 Å². The number of rotatable bonds is 3. The van der Waals surface area contributed by atoms with E-state index in [9.17, 15) is 14.7 Å². The van der Waals surface area contributed by atoms with Gasteiger partial charge in [0.05, 0.1) is 36.7 Å². The first kappa shape index (κ1) is 18.3. The van der Waals surface area contributed by atoms with Crippen molar-refractivity contribution in [2.75, 3.05) is 18.6 Å². The predicted molar refractivity (Wildman–Crippen MR) is 115 cm³/mol. The normalized spacial score (nSPS) is 27.7. The summed E-state index contributed by atoms with van der Waals surface area (Å²) < 4.78 is 5.22. The van der Waals surface area contributed by atoms with Crippen LogP contribution in [0.15, 0.2) is 72.8 Å². The van der Waals surface area contributed by atoms with E-state index in [2.05, 4.69) is 0 Å². The van der Waals surface area contributed by atoms with Crippen LogP contribution in [0.5, 0.6) is 5.75 Å². The second kappa shape index (κ2) is 6.28. The molecule has 5 heteroatoms. The molecule has 3 aliphatic carbocycles. The number of ether oxygens (including phenoxy) is 1. The molecule has 0 spiro atoms. The topological polar surface area (TPSA) is 66.8 Å². The quantitative estimate of drug-likeness (QED) is 0.672. The fourth-order valence-corrected chi connectivity index (χ4v) is 6.18. The maximum absolute atomic E-state index is 13.8. The van der Waals surface area contributed by atoms with Crippen molar-refractivity contribution in [1.82, 2.24) is 0 Å². The Morgan fingerprint density at radius 1 is 0.871 bits per heavy atom. The summed E-state index contributed by atoms with van der Waals surface area (Å²) in [7, 11) is 1.58. The summed E-state index contributed by atoms with van der Waals surface area (Å²) >= 11 is 0. The molecule has 1 N–H and O–H groups in total. The molecule has 0 saturated carbocycles. The molecule has 1 aliphatic heterocycles. The van der Waals surface area contributed by atoms with Gasteiger partial charge in [-0.3, -0.25) is 9.59 Å². The lowest BCUT2D eigenvalue weighted by atomic mass is 9.47. The smallest absolute Gasteiger partial charge is 0.239 e. The molecule has 31 heavy (non-hydrogen) atoms. The third kappa shape index (κ3) is 2.09. The molecule has 2 bridgehead atoms. The Labute approximate surface area is 179 Å². The molecule has 1 fully saturated rings. The predicted octanol–water partition coefficient (Wildman–Crippen LogP) is 3.24. The number of benzene rings is 3.